The first-order chi connectivity index (χ1) is 10.5. The Labute approximate surface area is 128 Å². The number of nitrogens with one attached hydrogen (secondary N) is 2. The zero-order valence-corrected chi connectivity index (χ0v) is 12.4. The Morgan fingerprint density at radius 3 is 2.50 bits per heavy atom. The fraction of sp³-hybridized carbons (Fsp3) is 0.467. The molecule has 0 spiro atoms. The topological polar surface area (TPSA) is 101 Å². The summed E-state index contributed by atoms with van der Waals surface area (Å²) in [5.41, 5.74) is 0.802. The maximum Gasteiger partial charge on any atom is 0.313 e. The summed E-state index contributed by atoms with van der Waals surface area (Å²) in [6.07, 6.45) is 5.03. The lowest BCUT2D eigenvalue weighted by atomic mass is 9.95. The number of rotatable bonds is 3. The monoisotopic (exact) mass is 305 g/mol. The fourth-order valence-corrected chi connectivity index (χ4v) is 2.54. The van der Waals surface area contributed by atoms with E-state index in [9.17, 15) is 19.7 Å². The molecule has 0 unspecified atom stereocenters. The Balaban J connectivity index is 2.00. The van der Waals surface area contributed by atoms with Crippen LogP contribution in [0.15, 0.2) is 18.2 Å². The minimum atomic E-state index is -0.797. The molecule has 2 rings (SSSR count). The lowest BCUT2D eigenvalue weighted by Gasteiger charge is -2.22. The third-order valence-electron chi connectivity index (χ3n) is 3.83. The minimum absolute atomic E-state index is 0.0400. The van der Waals surface area contributed by atoms with Gasteiger partial charge in [-0.05, 0) is 25.3 Å². The van der Waals surface area contributed by atoms with Crippen LogP contribution in [0.3, 0.4) is 0 Å². The quantitative estimate of drug-likeness (QED) is 0.508. The van der Waals surface area contributed by atoms with Crippen molar-refractivity contribution < 1.29 is 14.5 Å². The molecule has 1 fully saturated rings. The van der Waals surface area contributed by atoms with Crippen LogP contribution in [0, 0.1) is 17.0 Å². The normalized spacial score (nSPS) is 15.1. The first kappa shape index (κ1) is 15.9. The van der Waals surface area contributed by atoms with Crippen LogP contribution in [0.25, 0.3) is 0 Å². The SMILES string of the molecule is Cc1ccc([N+](=O)[O-])cc1NC(=O)C(=O)NC1CCCCC1. The van der Waals surface area contributed by atoms with Gasteiger partial charge in [0.05, 0.1) is 10.6 Å². The highest BCUT2D eigenvalue weighted by atomic mass is 16.6. The highest BCUT2D eigenvalue weighted by molar-refractivity contribution is 6.39. The highest BCUT2D eigenvalue weighted by Gasteiger charge is 2.21. The zero-order chi connectivity index (χ0) is 16.1. The van der Waals surface area contributed by atoms with E-state index in [0.717, 1.165) is 32.1 Å². The molecule has 22 heavy (non-hydrogen) atoms. The summed E-state index contributed by atoms with van der Waals surface area (Å²) in [6, 6.07) is 4.18. The number of amides is 2. The number of carbonyl (C=O) groups is 2. The molecule has 1 aromatic carbocycles. The van der Waals surface area contributed by atoms with Crippen LogP contribution in [0.1, 0.15) is 37.7 Å². The molecule has 2 amide bonds. The summed E-state index contributed by atoms with van der Waals surface area (Å²) in [7, 11) is 0. The van der Waals surface area contributed by atoms with Crippen LogP contribution >= 0.6 is 0 Å². The van der Waals surface area contributed by atoms with Crippen molar-refractivity contribution in [3.05, 3.63) is 33.9 Å². The van der Waals surface area contributed by atoms with Crippen LogP contribution < -0.4 is 10.6 Å². The highest BCUT2D eigenvalue weighted by Crippen LogP contribution is 2.22. The van der Waals surface area contributed by atoms with Gasteiger partial charge in [-0.1, -0.05) is 25.3 Å². The van der Waals surface area contributed by atoms with Crippen molar-refractivity contribution in [2.24, 2.45) is 0 Å². The molecule has 118 valence electrons. The van der Waals surface area contributed by atoms with Crippen molar-refractivity contribution in [2.45, 2.75) is 45.1 Å². The molecule has 1 aliphatic rings. The molecule has 0 aromatic heterocycles. The van der Waals surface area contributed by atoms with Gasteiger partial charge in [-0.15, -0.1) is 0 Å². The maximum atomic E-state index is 11.9. The van der Waals surface area contributed by atoms with Crippen LogP contribution in [0.5, 0.6) is 0 Å². The summed E-state index contributed by atoms with van der Waals surface area (Å²) in [4.78, 5) is 34.0. The summed E-state index contributed by atoms with van der Waals surface area (Å²) in [6.45, 7) is 1.71. The average molecular weight is 305 g/mol. The predicted octanol–water partition coefficient (Wildman–Crippen LogP) is 2.29. The zero-order valence-electron chi connectivity index (χ0n) is 12.4. The number of non-ortho nitro benzene ring substituents is 1. The summed E-state index contributed by atoms with van der Waals surface area (Å²) < 4.78 is 0. The molecule has 0 radical (unpaired) electrons. The first-order valence-corrected chi connectivity index (χ1v) is 7.34. The minimum Gasteiger partial charge on any atom is -0.345 e. The standard InChI is InChI=1S/C15H19N3O4/c1-10-7-8-12(18(21)22)9-13(10)17-15(20)14(19)16-11-5-3-2-4-6-11/h7-9,11H,2-6H2,1H3,(H,16,19)(H,17,20). The van der Waals surface area contributed by atoms with E-state index in [0.29, 0.717) is 5.56 Å². The molecule has 7 heteroatoms. The third-order valence-corrected chi connectivity index (χ3v) is 3.83. The van der Waals surface area contributed by atoms with Gasteiger partial charge in [-0.3, -0.25) is 19.7 Å². The van der Waals surface area contributed by atoms with Crippen LogP contribution in [0.4, 0.5) is 11.4 Å². The Morgan fingerprint density at radius 1 is 1.18 bits per heavy atom. The average Bonchev–Trinajstić information content (AvgIpc) is 2.50. The smallest absolute Gasteiger partial charge is 0.313 e. The number of nitro groups is 1. The lowest BCUT2D eigenvalue weighted by Crippen LogP contribution is -2.42. The van der Waals surface area contributed by atoms with Gasteiger partial charge in [0.15, 0.2) is 0 Å². The van der Waals surface area contributed by atoms with Crippen LogP contribution in [0.2, 0.25) is 0 Å². The molecule has 0 heterocycles. The molecule has 1 saturated carbocycles. The van der Waals surface area contributed by atoms with Gasteiger partial charge in [-0.25, -0.2) is 0 Å². The van der Waals surface area contributed by atoms with Crippen LogP contribution in [-0.2, 0) is 9.59 Å². The van der Waals surface area contributed by atoms with Crippen molar-refractivity contribution >= 4 is 23.2 Å². The van der Waals surface area contributed by atoms with Gasteiger partial charge in [-0.2, -0.15) is 0 Å². The Morgan fingerprint density at radius 2 is 1.86 bits per heavy atom. The second-order valence-electron chi connectivity index (χ2n) is 5.52. The maximum absolute atomic E-state index is 11.9. The predicted molar refractivity (Wildman–Crippen MR) is 81.5 cm³/mol. The fourth-order valence-electron chi connectivity index (χ4n) is 2.54. The Kier molecular flexibility index (Phi) is 5.08. The van der Waals surface area contributed by atoms with Gasteiger partial charge in [0.25, 0.3) is 5.69 Å². The first-order valence-electron chi connectivity index (χ1n) is 7.34. The van der Waals surface area contributed by atoms with Gasteiger partial charge >= 0.3 is 11.8 Å². The summed E-state index contributed by atoms with van der Waals surface area (Å²) >= 11 is 0. The molecular formula is C15H19N3O4. The molecule has 2 N–H and O–H groups in total. The number of anilines is 1. The van der Waals surface area contributed by atoms with E-state index in [1.165, 1.54) is 18.2 Å². The molecule has 7 nitrogen and oxygen atoms in total. The molecule has 1 aromatic rings. The van der Waals surface area contributed by atoms with E-state index in [1.807, 2.05) is 0 Å². The third kappa shape index (κ3) is 4.03. The molecule has 0 bridgehead atoms. The van der Waals surface area contributed by atoms with E-state index in [1.54, 1.807) is 6.92 Å². The lowest BCUT2D eigenvalue weighted by molar-refractivity contribution is -0.384. The Bertz CT molecular complexity index is 594. The van der Waals surface area contributed by atoms with E-state index in [2.05, 4.69) is 10.6 Å². The Hall–Kier alpha value is -2.44. The number of hydrogen-bond donors (Lipinski definition) is 2. The summed E-state index contributed by atoms with van der Waals surface area (Å²) in [5.74, 6) is -1.49. The van der Waals surface area contributed by atoms with Crippen molar-refractivity contribution in [1.29, 1.82) is 0 Å². The summed E-state index contributed by atoms with van der Waals surface area (Å²) in [5, 5.41) is 15.9. The van der Waals surface area contributed by atoms with Crippen molar-refractivity contribution in [3.63, 3.8) is 0 Å². The van der Waals surface area contributed by atoms with Gasteiger partial charge in [0.2, 0.25) is 0 Å². The molecule has 0 atom stereocenters. The second kappa shape index (κ2) is 7.02. The van der Waals surface area contributed by atoms with E-state index < -0.39 is 16.7 Å². The number of hydrogen-bond acceptors (Lipinski definition) is 4. The number of benzene rings is 1. The van der Waals surface area contributed by atoms with E-state index in [-0.39, 0.29) is 17.4 Å². The number of nitrogens with zero attached hydrogens (tertiary/aromatic N) is 1. The number of carbonyl (C=O) groups excluding carboxylic acids is 2. The number of nitro benzene ring substituents is 1. The van der Waals surface area contributed by atoms with E-state index >= 15 is 0 Å². The van der Waals surface area contributed by atoms with Crippen molar-refractivity contribution in [3.8, 4) is 0 Å². The largest absolute Gasteiger partial charge is 0.345 e. The van der Waals surface area contributed by atoms with Crippen molar-refractivity contribution in [2.75, 3.05) is 5.32 Å². The molecule has 0 saturated heterocycles. The molecule has 1 aliphatic carbocycles. The van der Waals surface area contributed by atoms with Crippen LogP contribution in [-0.4, -0.2) is 22.8 Å². The van der Waals surface area contributed by atoms with E-state index in [4.69, 9.17) is 0 Å². The molecular weight excluding hydrogens is 286 g/mol. The van der Waals surface area contributed by atoms with Gasteiger partial charge in [0, 0.05) is 18.2 Å². The van der Waals surface area contributed by atoms with Gasteiger partial charge in [0.1, 0.15) is 0 Å². The van der Waals surface area contributed by atoms with Crippen molar-refractivity contribution in [1.82, 2.24) is 5.32 Å². The molecule has 0 aliphatic heterocycles. The van der Waals surface area contributed by atoms with Gasteiger partial charge < -0.3 is 10.6 Å². The number of aryl methyl sites for hydroxylation is 1. The second-order valence-corrected chi connectivity index (χ2v) is 5.52.